The van der Waals surface area contributed by atoms with E-state index in [0.717, 1.165) is 6.42 Å². The van der Waals surface area contributed by atoms with Crippen molar-refractivity contribution in [2.45, 2.75) is 29.8 Å². The zero-order chi connectivity index (χ0) is 8.39. The van der Waals surface area contributed by atoms with Gasteiger partial charge >= 0.3 is 0 Å². The maximum Gasteiger partial charge on any atom is 0.134 e. The van der Waals surface area contributed by atoms with Crippen molar-refractivity contribution in [3.05, 3.63) is 30.3 Å². The van der Waals surface area contributed by atoms with Gasteiger partial charge in [0, 0.05) is 4.90 Å². The normalized spacial score (nSPS) is 27.1. The number of ether oxygens (including phenoxy) is 1. The van der Waals surface area contributed by atoms with Crippen molar-refractivity contribution in [1.82, 2.24) is 0 Å². The van der Waals surface area contributed by atoms with Crippen LogP contribution in [0, 0.1) is 0 Å². The van der Waals surface area contributed by atoms with Crippen LogP contribution in [0.3, 0.4) is 0 Å². The van der Waals surface area contributed by atoms with E-state index in [-0.39, 0.29) is 0 Å². The van der Waals surface area contributed by atoms with Crippen LogP contribution in [0.4, 0.5) is 0 Å². The molecule has 2 atom stereocenters. The molecule has 0 N–H and O–H groups in total. The first-order valence-corrected chi connectivity index (χ1v) is 5.15. The quantitative estimate of drug-likeness (QED) is 0.663. The lowest BCUT2D eigenvalue weighted by Crippen LogP contribution is -1.85. The smallest absolute Gasteiger partial charge is 0.134 e. The Hall–Kier alpha value is -0.470. The summed E-state index contributed by atoms with van der Waals surface area (Å²) in [5.41, 5.74) is 0.414. The largest absolute Gasteiger partial charge is 0.358 e. The van der Waals surface area contributed by atoms with Crippen molar-refractivity contribution in [3.63, 3.8) is 0 Å². The lowest BCUT2D eigenvalue weighted by atomic mass is 10.4. The Morgan fingerprint density at radius 2 is 2.08 bits per heavy atom. The summed E-state index contributed by atoms with van der Waals surface area (Å²) in [6, 6.07) is 10.4. The molecule has 64 valence electrons. The topological polar surface area (TPSA) is 12.5 Å². The van der Waals surface area contributed by atoms with E-state index >= 15 is 0 Å². The van der Waals surface area contributed by atoms with Crippen molar-refractivity contribution < 1.29 is 4.74 Å². The molecular formula is C10H12OS. The summed E-state index contributed by atoms with van der Waals surface area (Å²) in [6.07, 6.45) is 1.63. The molecule has 0 aromatic heterocycles. The van der Waals surface area contributed by atoms with Crippen molar-refractivity contribution in [2.24, 2.45) is 0 Å². The van der Waals surface area contributed by atoms with Gasteiger partial charge in [0.1, 0.15) is 5.44 Å². The summed E-state index contributed by atoms with van der Waals surface area (Å²) in [7, 11) is 0. The molecule has 1 aliphatic heterocycles. The van der Waals surface area contributed by atoms with Crippen molar-refractivity contribution in [2.75, 3.05) is 0 Å². The van der Waals surface area contributed by atoms with Crippen LogP contribution < -0.4 is 0 Å². The second-order valence-corrected chi connectivity index (χ2v) is 4.05. The number of hydrogen-bond donors (Lipinski definition) is 0. The first kappa shape index (κ1) is 8.14. The highest BCUT2D eigenvalue weighted by Gasteiger charge is 2.37. The third-order valence-electron chi connectivity index (χ3n) is 1.93. The average molecular weight is 180 g/mol. The number of rotatable bonds is 3. The maximum absolute atomic E-state index is 5.43. The molecule has 0 spiro atoms. The molecule has 0 aliphatic carbocycles. The molecule has 1 nitrogen and oxygen atoms in total. The summed E-state index contributed by atoms with van der Waals surface area (Å²) in [5.74, 6) is 0. The third-order valence-corrected chi connectivity index (χ3v) is 3.12. The highest BCUT2D eigenvalue weighted by Crippen LogP contribution is 2.39. The molecule has 1 aromatic carbocycles. The van der Waals surface area contributed by atoms with Crippen LogP contribution in [-0.2, 0) is 4.74 Å². The Labute approximate surface area is 77.1 Å². The first-order valence-electron chi connectivity index (χ1n) is 4.27. The molecule has 2 heteroatoms. The summed E-state index contributed by atoms with van der Waals surface area (Å²) >= 11 is 1.82. The van der Waals surface area contributed by atoms with Gasteiger partial charge in [-0.1, -0.05) is 36.9 Å². The highest BCUT2D eigenvalue weighted by molar-refractivity contribution is 8.00. The molecule has 0 saturated carbocycles. The van der Waals surface area contributed by atoms with E-state index in [1.165, 1.54) is 4.90 Å². The van der Waals surface area contributed by atoms with E-state index < -0.39 is 0 Å². The molecule has 0 bridgehead atoms. The summed E-state index contributed by atoms with van der Waals surface area (Å²) in [6.45, 7) is 2.16. The number of thioether (sulfide) groups is 1. The predicted octanol–water partition coefficient (Wildman–Crippen LogP) is 2.91. The fraction of sp³-hybridized carbons (Fsp3) is 0.400. The number of benzene rings is 1. The molecule has 2 unspecified atom stereocenters. The molecule has 1 aromatic rings. The monoisotopic (exact) mass is 180 g/mol. The van der Waals surface area contributed by atoms with Crippen LogP contribution in [0.25, 0.3) is 0 Å². The SMILES string of the molecule is CCC1OC1Sc1ccccc1. The molecule has 1 heterocycles. The Morgan fingerprint density at radius 1 is 1.33 bits per heavy atom. The van der Waals surface area contributed by atoms with Crippen LogP contribution in [0.2, 0.25) is 0 Å². The summed E-state index contributed by atoms with van der Waals surface area (Å²) < 4.78 is 5.43. The van der Waals surface area contributed by atoms with Crippen molar-refractivity contribution >= 4 is 11.8 Å². The van der Waals surface area contributed by atoms with E-state index in [0.29, 0.717) is 11.5 Å². The third kappa shape index (κ3) is 1.82. The van der Waals surface area contributed by atoms with Gasteiger partial charge in [0.2, 0.25) is 0 Å². The molecule has 12 heavy (non-hydrogen) atoms. The van der Waals surface area contributed by atoms with E-state index in [9.17, 15) is 0 Å². The zero-order valence-electron chi connectivity index (χ0n) is 7.07. The minimum absolute atomic E-state index is 0.414. The van der Waals surface area contributed by atoms with E-state index in [4.69, 9.17) is 4.74 Å². The molecule has 1 fully saturated rings. The molecule has 2 rings (SSSR count). The fourth-order valence-corrected chi connectivity index (χ4v) is 2.28. The summed E-state index contributed by atoms with van der Waals surface area (Å²) in [4.78, 5) is 1.30. The average Bonchev–Trinajstić information content (AvgIpc) is 2.85. The van der Waals surface area contributed by atoms with Gasteiger partial charge in [-0.15, -0.1) is 0 Å². The number of epoxide rings is 1. The van der Waals surface area contributed by atoms with E-state index in [1.54, 1.807) is 0 Å². The summed E-state index contributed by atoms with van der Waals surface area (Å²) in [5, 5.41) is 0. The van der Waals surface area contributed by atoms with Gasteiger partial charge in [-0.2, -0.15) is 0 Å². The van der Waals surface area contributed by atoms with Gasteiger partial charge in [0.15, 0.2) is 0 Å². The van der Waals surface area contributed by atoms with Crippen LogP contribution in [-0.4, -0.2) is 11.5 Å². The van der Waals surface area contributed by atoms with Crippen molar-refractivity contribution in [1.29, 1.82) is 0 Å². The Bertz CT molecular complexity index is 247. The van der Waals surface area contributed by atoms with Gasteiger partial charge in [-0.3, -0.25) is 0 Å². The van der Waals surface area contributed by atoms with Gasteiger partial charge in [-0.05, 0) is 18.6 Å². The lowest BCUT2D eigenvalue weighted by Gasteiger charge is -1.94. The zero-order valence-corrected chi connectivity index (χ0v) is 7.88. The van der Waals surface area contributed by atoms with Gasteiger partial charge in [0.25, 0.3) is 0 Å². The Kier molecular flexibility index (Phi) is 2.38. The van der Waals surface area contributed by atoms with Crippen LogP contribution in [0.5, 0.6) is 0 Å². The van der Waals surface area contributed by atoms with Crippen LogP contribution in [0.15, 0.2) is 35.2 Å². The highest BCUT2D eigenvalue weighted by atomic mass is 32.2. The molecule has 0 amide bonds. The molecule has 1 aliphatic rings. The second kappa shape index (κ2) is 3.50. The lowest BCUT2D eigenvalue weighted by molar-refractivity contribution is 0.395. The van der Waals surface area contributed by atoms with Gasteiger partial charge in [-0.25, -0.2) is 0 Å². The van der Waals surface area contributed by atoms with E-state index in [1.807, 2.05) is 17.8 Å². The van der Waals surface area contributed by atoms with E-state index in [2.05, 4.69) is 31.2 Å². The molecule has 1 saturated heterocycles. The van der Waals surface area contributed by atoms with Gasteiger partial charge < -0.3 is 4.74 Å². The minimum atomic E-state index is 0.414. The molecular weight excluding hydrogens is 168 g/mol. The fourth-order valence-electron chi connectivity index (χ4n) is 1.15. The van der Waals surface area contributed by atoms with Crippen LogP contribution >= 0.6 is 11.8 Å². The van der Waals surface area contributed by atoms with Gasteiger partial charge in [0.05, 0.1) is 6.10 Å². The maximum atomic E-state index is 5.43. The van der Waals surface area contributed by atoms with Crippen LogP contribution in [0.1, 0.15) is 13.3 Å². The standard InChI is InChI=1S/C10H12OS/c1-2-9-10(11-9)12-8-6-4-3-5-7-8/h3-7,9-10H,2H2,1H3. The van der Waals surface area contributed by atoms with Crippen molar-refractivity contribution in [3.8, 4) is 0 Å². The number of hydrogen-bond acceptors (Lipinski definition) is 2. The Balaban J connectivity index is 1.89. The first-order chi connectivity index (χ1) is 5.90. The second-order valence-electron chi connectivity index (χ2n) is 2.88. The molecule has 0 radical (unpaired) electrons. The Morgan fingerprint density at radius 3 is 2.67 bits per heavy atom. The predicted molar refractivity (Wildman–Crippen MR) is 51.3 cm³/mol. The minimum Gasteiger partial charge on any atom is -0.358 e.